The highest BCUT2D eigenvalue weighted by atomic mass is 35.5. The van der Waals surface area contributed by atoms with Gasteiger partial charge in [-0.3, -0.25) is 35.3 Å². The Hall–Kier alpha value is -5.77. The Balaban J connectivity index is 1.22. The summed E-state index contributed by atoms with van der Waals surface area (Å²) in [5, 5.41) is 36.1. The van der Waals surface area contributed by atoms with E-state index in [-0.39, 0.29) is 122 Å². The van der Waals surface area contributed by atoms with Crippen LogP contribution in [-0.2, 0) is 55.9 Å². The molecule has 0 radical (unpaired) electrons. The average molecular weight is 1070 g/mol. The van der Waals surface area contributed by atoms with Gasteiger partial charge in [-0.15, -0.1) is 0 Å². The quantitative estimate of drug-likeness (QED) is 0.0224. The molecule has 1 aliphatic carbocycles. The van der Waals surface area contributed by atoms with E-state index in [9.17, 15) is 23.2 Å². The minimum absolute atomic E-state index is 0.0170. The molecule has 5 N–H and O–H groups in total. The Morgan fingerprint density at radius 3 is 2.05 bits per heavy atom. The highest BCUT2D eigenvalue weighted by Crippen LogP contribution is 2.46. The van der Waals surface area contributed by atoms with Crippen molar-refractivity contribution in [2.75, 3.05) is 79.7 Å². The highest BCUT2D eigenvalue weighted by Gasteiger charge is 2.50. The van der Waals surface area contributed by atoms with Crippen molar-refractivity contribution in [3.8, 4) is 11.5 Å². The molecule has 3 aromatic carbocycles. The van der Waals surface area contributed by atoms with Gasteiger partial charge in [0, 0.05) is 30.1 Å². The van der Waals surface area contributed by atoms with Crippen LogP contribution in [0, 0.1) is 24.5 Å². The third-order valence-electron chi connectivity index (χ3n) is 12.3. The van der Waals surface area contributed by atoms with E-state index >= 15 is 4.79 Å². The number of aryl methyl sites for hydroxylation is 2. The van der Waals surface area contributed by atoms with Crippen LogP contribution in [-0.4, -0.2) is 163 Å². The van der Waals surface area contributed by atoms with Gasteiger partial charge in [0.2, 0.25) is 5.91 Å². The van der Waals surface area contributed by atoms with Gasteiger partial charge in [-0.2, -0.15) is 0 Å². The van der Waals surface area contributed by atoms with Crippen LogP contribution in [0.5, 0.6) is 11.5 Å². The normalized spacial score (nSPS) is 17.3. The first-order valence-corrected chi connectivity index (χ1v) is 24.3. The van der Waals surface area contributed by atoms with Crippen molar-refractivity contribution in [2.45, 2.75) is 76.5 Å². The first-order valence-electron chi connectivity index (χ1n) is 24.0. The van der Waals surface area contributed by atoms with Crippen LogP contribution in [0.25, 0.3) is 5.57 Å². The number of rotatable bonds is 29. The largest absolute Gasteiger partial charge is 0.508 e. The average Bonchev–Trinajstić information content (AvgIpc) is 4.22. The number of nitrogens with zero attached hydrogens (tertiary/aromatic N) is 4. The van der Waals surface area contributed by atoms with Crippen LogP contribution in [0.2, 0.25) is 5.02 Å². The fraction of sp³-hybridized carbons (Fsp3) is 0.510. The van der Waals surface area contributed by atoms with E-state index in [0.717, 1.165) is 47.2 Å². The van der Waals surface area contributed by atoms with Crippen LogP contribution in [0.4, 0.5) is 18.4 Å². The Kier molecular flexibility index (Phi) is 22.4. The number of fused-ring (bicyclic) bond motifs is 2. The molecule has 406 valence electrons. The zero-order chi connectivity index (χ0) is 53.1. The van der Waals surface area contributed by atoms with Crippen molar-refractivity contribution < 1.29 is 91.6 Å². The topological polar surface area (TPSA) is 257 Å². The summed E-state index contributed by atoms with van der Waals surface area (Å²) in [5.74, 6) is -2.63. The van der Waals surface area contributed by atoms with E-state index in [1.807, 2.05) is 54.3 Å². The lowest BCUT2D eigenvalue weighted by Gasteiger charge is -2.49. The number of nitrogens with one attached hydrogen (secondary N) is 1. The molecule has 2 heterocycles. The Morgan fingerprint density at radius 1 is 0.770 bits per heavy atom. The van der Waals surface area contributed by atoms with Crippen LogP contribution < -0.4 is 14.8 Å². The zero-order valence-electron chi connectivity index (χ0n) is 41.0. The van der Waals surface area contributed by atoms with Crippen LogP contribution in [0.15, 0.2) is 60.2 Å². The summed E-state index contributed by atoms with van der Waals surface area (Å²) >= 11 is 5.94. The Labute approximate surface area is 430 Å². The lowest BCUT2D eigenvalue weighted by atomic mass is 9.73. The molecule has 3 amide bonds. The summed E-state index contributed by atoms with van der Waals surface area (Å²) in [6.07, 6.45) is 1.12. The van der Waals surface area contributed by atoms with E-state index in [4.69, 9.17) is 65.6 Å². The number of carbonyl (C=O) groups excluding carboxylic acids is 4. The van der Waals surface area contributed by atoms with Crippen LogP contribution in [0.1, 0.15) is 60.8 Å². The molecule has 3 atom stereocenters. The summed E-state index contributed by atoms with van der Waals surface area (Å²) in [7, 11) is 1.58. The maximum atomic E-state index is 15.5. The molecule has 3 unspecified atom stereocenters. The molecule has 0 spiro atoms. The number of hydrogen-bond donors (Lipinski definition) is 5. The van der Waals surface area contributed by atoms with Gasteiger partial charge < -0.3 is 43.4 Å². The number of hydrogen-bond acceptors (Lipinski definition) is 19. The van der Waals surface area contributed by atoms with Crippen molar-refractivity contribution in [3.05, 3.63) is 99.1 Å². The number of methoxy groups -OCH3 is 1. The summed E-state index contributed by atoms with van der Waals surface area (Å²) in [6, 6.07) is 13.5. The molecule has 3 aromatic rings. The number of halogens is 3. The predicted octanol–water partition coefficient (Wildman–Crippen LogP) is 6.21. The fourth-order valence-corrected chi connectivity index (χ4v) is 9.01. The van der Waals surface area contributed by atoms with Crippen molar-refractivity contribution >= 4 is 41.2 Å². The third kappa shape index (κ3) is 16.9. The van der Waals surface area contributed by atoms with E-state index in [1.54, 1.807) is 7.11 Å². The van der Waals surface area contributed by atoms with Gasteiger partial charge in [0.1, 0.15) is 36.4 Å². The second-order valence-electron chi connectivity index (χ2n) is 17.4. The second kappa shape index (κ2) is 28.8. The van der Waals surface area contributed by atoms with Gasteiger partial charge in [-0.1, -0.05) is 48.0 Å². The van der Waals surface area contributed by atoms with Crippen molar-refractivity contribution in [3.63, 3.8) is 0 Å². The number of ether oxygens (including phenoxy) is 7. The van der Waals surface area contributed by atoms with Gasteiger partial charge in [0.15, 0.2) is 11.6 Å². The molecule has 25 heteroatoms. The second-order valence-corrected chi connectivity index (χ2v) is 17.8. The van der Waals surface area contributed by atoms with Gasteiger partial charge in [0.05, 0.1) is 76.7 Å². The lowest BCUT2D eigenvalue weighted by molar-refractivity contribution is -0.493. The molecule has 1 saturated heterocycles. The Morgan fingerprint density at radius 2 is 1.41 bits per heavy atom. The zero-order valence-corrected chi connectivity index (χ0v) is 41.7. The smallest absolute Gasteiger partial charge is 0.496 e. The first-order chi connectivity index (χ1) is 35.6. The van der Waals surface area contributed by atoms with Gasteiger partial charge in [0.25, 0.3) is 5.91 Å². The Bertz CT molecular complexity index is 2380. The number of amides is 3. The standard InChI is InChI=1S/C49H62ClF2N5O17/c1-31-26-33(7-14-42(31)66-2)30-54(36-10-11-36)47(59)43-38(34-8-5-32(6-9-34)4-3-16-69-45-40(52)13-12-39(51)44(45)50)29-37-27-35(28-41(43)55(37)48(60)70-22-18-67-20-24-73-56(62)63)46(58)53-15-17-71-49(61)72-23-19-68-21-25-74-57(64)65/h5-9,12-14,26,35-37,41,62-65H,3-4,10-11,15-25,27-30H2,1-2H3,(H,53,58). The summed E-state index contributed by atoms with van der Waals surface area (Å²) in [5.41, 5.74) is 4.42. The monoisotopic (exact) mass is 1070 g/mol. The molecular formula is C49H62ClF2N5O17. The van der Waals surface area contributed by atoms with E-state index in [0.29, 0.717) is 29.7 Å². The summed E-state index contributed by atoms with van der Waals surface area (Å²) in [4.78, 5) is 68.2. The van der Waals surface area contributed by atoms with Gasteiger partial charge >= 0.3 is 12.2 Å². The molecule has 0 aromatic heterocycles. The molecule has 3 aliphatic rings. The summed E-state index contributed by atoms with van der Waals surface area (Å²) in [6.45, 7) is 1.04. The number of carbonyl (C=O) groups is 4. The summed E-state index contributed by atoms with van der Waals surface area (Å²) < 4.78 is 65.7. The van der Waals surface area contributed by atoms with Crippen LogP contribution in [0.3, 0.4) is 0 Å². The third-order valence-corrected chi connectivity index (χ3v) is 12.7. The lowest BCUT2D eigenvalue weighted by Crippen LogP contribution is -2.59. The van der Waals surface area contributed by atoms with E-state index < -0.39 is 57.7 Å². The highest BCUT2D eigenvalue weighted by molar-refractivity contribution is 6.32. The minimum atomic E-state index is -1.01. The van der Waals surface area contributed by atoms with Crippen molar-refractivity contribution in [2.24, 2.45) is 5.92 Å². The van der Waals surface area contributed by atoms with E-state index in [1.165, 1.54) is 4.90 Å². The van der Waals surface area contributed by atoms with Crippen molar-refractivity contribution in [1.29, 1.82) is 0 Å². The van der Waals surface area contributed by atoms with E-state index in [2.05, 4.69) is 15.0 Å². The maximum absolute atomic E-state index is 15.5. The predicted molar refractivity (Wildman–Crippen MR) is 253 cm³/mol. The fourth-order valence-electron chi connectivity index (χ4n) is 8.80. The molecule has 2 aliphatic heterocycles. The number of piperidine rings is 1. The van der Waals surface area contributed by atoms with Gasteiger partial charge in [-0.05, 0) is 97.9 Å². The molecule has 22 nitrogen and oxygen atoms in total. The van der Waals surface area contributed by atoms with Crippen molar-refractivity contribution in [1.82, 2.24) is 25.9 Å². The first kappa shape index (κ1) is 57.5. The molecular weight excluding hydrogens is 1000 g/mol. The van der Waals surface area contributed by atoms with Crippen LogP contribution >= 0.6 is 11.6 Å². The molecule has 2 fully saturated rings. The molecule has 2 bridgehead atoms. The SMILES string of the molecule is COc1ccc(CN(C(=O)C2=C(c3ccc(CCCOc4c(F)ccc(F)c4Cl)cc3)CC3CC(C(=O)NCCOC(=O)OCCOCCON(O)O)CC2N3C(=O)OCCOCCON(O)O)C2CC2)cc1C. The number of benzene rings is 3. The molecule has 1 saturated carbocycles. The van der Waals surface area contributed by atoms with Gasteiger partial charge in [-0.25, -0.2) is 28.0 Å². The maximum Gasteiger partial charge on any atom is 0.508 e. The molecule has 6 rings (SSSR count). The molecule has 74 heavy (non-hydrogen) atoms. The minimum Gasteiger partial charge on any atom is -0.496 e.